The van der Waals surface area contributed by atoms with Crippen LogP contribution in [-0.4, -0.2) is 28.1 Å². The van der Waals surface area contributed by atoms with Crippen molar-refractivity contribution in [2.24, 2.45) is 11.8 Å². The van der Waals surface area contributed by atoms with Crippen molar-refractivity contribution in [2.75, 3.05) is 0 Å². The van der Waals surface area contributed by atoms with E-state index in [0.717, 1.165) is 0 Å². The summed E-state index contributed by atoms with van der Waals surface area (Å²) in [7, 11) is 0. The van der Waals surface area contributed by atoms with Gasteiger partial charge in [0.05, 0.1) is 12.0 Å². The number of hydrogen-bond acceptors (Lipinski definition) is 3. The van der Waals surface area contributed by atoms with Crippen LogP contribution in [-0.2, 0) is 9.59 Å². The lowest BCUT2D eigenvalue weighted by Crippen LogP contribution is -2.35. The predicted molar refractivity (Wildman–Crippen MR) is 56.4 cm³/mol. The maximum absolute atomic E-state index is 11.6. The molecule has 0 aromatic heterocycles. The quantitative estimate of drug-likeness (QED) is 0.675. The van der Waals surface area contributed by atoms with Crippen molar-refractivity contribution in [1.82, 2.24) is 0 Å². The zero-order valence-corrected chi connectivity index (χ0v) is 9.52. The molecule has 4 heteroatoms. The number of aliphatic hydroxyl groups excluding tert-OH is 1. The highest BCUT2D eigenvalue weighted by atomic mass is 16.4. The van der Waals surface area contributed by atoms with Gasteiger partial charge in [0.2, 0.25) is 0 Å². The Morgan fingerprint density at radius 3 is 2.00 bits per heavy atom. The minimum atomic E-state index is -1.15. The Labute approximate surface area is 89.6 Å². The van der Waals surface area contributed by atoms with E-state index in [1.165, 1.54) is 6.92 Å². The lowest BCUT2D eigenvalue weighted by atomic mass is 9.88. The van der Waals surface area contributed by atoms with Gasteiger partial charge in [-0.15, -0.1) is 0 Å². The van der Waals surface area contributed by atoms with E-state index in [1.54, 1.807) is 26.8 Å². The van der Waals surface area contributed by atoms with Crippen molar-refractivity contribution in [3.63, 3.8) is 0 Å². The zero-order chi connectivity index (χ0) is 12.2. The Balaban J connectivity index is 4.65. The number of carbonyl (C=O) groups is 2. The van der Waals surface area contributed by atoms with Crippen molar-refractivity contribution in [1.29, 1.82) is 0 Å². The maximum atomic E-state index is 11.6. The lowest BCUT2D eigenvalue weighted by Gasteiger charge is -2.21. The number of hydrogen-bond donors (Lipinski definition) is 2. The molecule has 86 valence electrons. The summed E-state index contributed by atoms with van der Waals surface area (Å²) in [6, 6.07) is 0. The highest BCUT2D eigenvalue weighted by Gasteiger charge is 2.30. The molecule has 15 heavy (non-hydrogen) atoms. The molecule has 2 N–H and O–H groups in total. The average molecular weight is 214 g/mol. The summed E-state index contributed by atoms with van der Waals surface area (Å²) in [5, 5.41) is 18.3. The van der Waals surface area contributed by atoms with E-state index in [-0.39, 0.29) is 5.78 Å². The molecule has 3 unspecified atom stereocenters. The topological polar surface area (TPSA) is 74.6 Å². The van der Waals surface area contributed by atoms with E-state index in [0.29, 0.717) is 5.57 Å². The van der Waals surface area contributed by atoms with Gasteiger partial charge >= 0.3 is 5.97 Å². The van der Waals surface area contributed by atoms with Crippen LogP contribution < -0.4 is 0 Å². The van der Waals surface area contributed by atoms with Gasteiger partial charge < -0.3 is 10.2 Å². The molecule has 0 radical (unpaired) electrons. The lowest BCUT2D eigenvalue weighted by molar-refractivity contribution is -0.146. The predicted octanol–water partition coefficient (Wildman–Crippen LogP) is 1.24. The van der Waals surface area contributed by atoms with E-state index in [2.05, 4.69) is 0 Å². The second kappa shape index (κ2) is 5.66. The van der Waals surface area contributed by atoms with Crippen LogP contribution >= 0.6 is 0 Å². The van der Waals surface area contributed by atoms with Crippen LogP contribution in [0.5, 0.6) is 0 Å². The molecule has 0 aliphatic carbocycles. The van der Waals surface area contributed by atoms with E-state index in [1.807, 2.05) is 0 Å². The second-order valence-electron chi connectivity index (χ2n) is 3.74. The summed E-state index contributed by atoms with van der Waals surface area (Å²) in [5.74, 6) is -2.93. The zero-order valence-electron chi connectivity index (χ0n) is 9.52. The molecule has 0 saturated carbocycles. The molecule has 0 bridgehead atoms. The Morgan fingerprint density at radius 2 is 1.67 bits per heavy atom. The van der Waals surface area contributed by atoms with Crippen LogP contribution in [0.4, 0.5) is 0 Å². The van der Waals surface area contributed by atoms with Crippen molar-refractivity contribution in [3.05, 3.63) is 11.6 Å². The highest BCUT2D eigenvalue weighted by molar-refractivity contribution is 5.97. The fourth-order valence-electron chi connectivity index (χ4n) is 1.24. The monoisotopic (exact) mass is 214 g/mol. The summed E-state index contributed by atoms with van der Waals surface area (Å²) < 4.78 is 0. The molecule has 0 aliphatic rings. The number of aliphatic hydroxyl groups is 1. The maximum Gasteiger partial charge on any atom is 0.308 e. The van der Waals surface area contributed by atoms with Crippen LogP contribution in [0.3, 0.4) is 0 Å². The molecule has 4 nitrogen and oxygen atoms in total. The first-order valence-corrected chi connectivity index (χ1v) is 4.90. The first-order chi connectivity index (χ1) is 6.82. The standard InChI is InChI=1S/C11H18O4/c1-5-6(2)9(12)7(3)10(13)8(4)11(14)15/h5,7-8,10,13H,1-4H3,(H,14,15). The molecule has 0 aromatic rings. The Hall–Kier alpha value is -1.16. The van der Waals surface area contributed by atoms with Crippen molar-refractivity contribution >= 4 is 11.8 Å². The number of Topliss-reactive ketones (excluding diaryl/α,β-unsaturated/α-hetero) is 1. The van der Waals surface area contributed by atoms with Gasteiger partial charge in [-0.25, -0.2) is 0 Å². The van der Waals surface area contributed by atoms with Crippen molar-refractivity contribution < 1.29 is 19.8 Å². The summed E-state index contributed by atoms with van der Waals surface area (Å²) in [6.45, 7) is 6.31. The minimum Gasteiger partial charge on any atom is -0.481 e. The van der Waals surface area contributed by atoms with Crippen LogP contribution in [0.25, 0.3) is 0 Å². The van der Waals surface area contributed by atoms with E-state index >= 15 is 0 Å². The van der Waals surface area contributed by atoms with Gasteiger partial charge in [-0.05, 0) is 26.3 Å². The molecule has 0 aromatic carbocycles. The third-order valence-corrected chi connectivity index (χ3v) is 2.65. The fraction of sp³-hybridized carbons (Fsp3) is 0.636. The number of carbonyl (C=O) groups excluding carboxylic acids is 1. The number of carboxylic acids is 1. The van der Waals surface area contributed by atoms with Gasteiger partial charge in [0.1, 0.15) is 0 Å². The van der Waals surface area contributed by atoms with Crippen molar-refractivity contribution in [3.8, 4) is 0 Å². The highest BCUT2D eigenvalue weighted by Crippen LogP contribution is 2.17. The van der Waals surface area contributed by atoms with Crippen LogP contribution in [0, 0.1) is 11.8 Å². The van der Waals surface area contributed by atoms with Gasteiger partial charge in [0.25, 0.3) is 0 Å². The number of ketones is 1. The van der Waals surface area contributed by atoms with E-state index < -0.39 is 23.9 Å². The van der Waals surface area contributed by atoms with Gasteiger partial charge in [0, 0.05) is 5.92 Å². The first kappa shape index (κ1) is 13.8. The molecule has 0 rings (SSSR count). The minimum absolute atomic E-state index is 0.210. The van der Waals surface area contributed by atoms with Crippen LogP contribution in [0.15, 0.2) is 11.6 Å². The number of carboxylic acid groups (broad SMARTS) is 1. The summed E-state index contributed by atoms with van der Waals surface area (Å²) in [5.41, 5.74) is 0.541. The summed E-state index contributed by atoms with van der Waals surface area (Å²) in [4.78, 5) is 22.2. The number of aliphatic carboxylic acids is 1. The largest absolute Gasteiger partial charge is 0.481 e. The molecule has 0 spiro atoms. The number of allylic oxidation sites excluding steroid dienone is 2. The fourth-order valence-corrected chi connectivity index (χ4v) is 1.24. The average Bonchev–Trinajstić information content (AvgIpc) is 2.23. The molecular formula is C11H18O4. The van der Waals surface area contributed by atoms with Gasteiger partial charge in [0.15, 0.2) is 5.78 Å². The third kappa shape index (κ3) is 3.47. The first-order valence-electron chi connectivity index (χ1n) is 4.90. The van der Waals surface area contributed by atoms with Gasteiger partial charge in [-0.2, -0.15) is 0 Å². The van der Waals surface area contributed by atoms with E-state index in [9.17, 15) is 14.7 Å². The van der Waals surface area contributed by atoms with Crippen LogP contribution in [0.1, 0.15) is 27.7 Å². The molecule has 0 heterocycles. The Morgan fingerprint density at radius 1 is 1.20 bits per heavy atom. The van der Waals surface area contributed by atoms with Crippen LogP contribution in [0.2, 0.25) is 0 Å². The third-order valence-electron chi connectivity index (χ3n) is 2.65. The molecular weight excluding hydrogens is 196 g/mol. The van der Waals surface area contributed by atoms with Gasteiger partial charge in [-0.3, -0.25) is 9.59 Å². The Kier molecular flexibility index (Phi) is 5.22. The summed E-state index contributed by atoms with van der Waals surface area (Å²) >= 11 is 0. The van der Waals surface area contributed by atoms with Gasteiger partial charge in [-0.1, -0.05) is 13.0 Å². The second-order valence-corrected chi connectivity index (χ2v) is 3.74. The molecule has 0 fully saturated rings. The number of rotatable bonds is 5. The molecule has 0 amide bonds. The molecule has 0 saturated heterocycles. The SMILES string of the molecule is CC=C(C)C(=O)C(C)C(O)C(C)C(=O)O. The van der Waals surface area contributed by atoms with E-state index in [4.69, 9.17) is 5.11 Å². The van der Waals surface area contributed by atoms with Crippen molar-refractivity contribution in [2.45, 2.75) is 33.8 Å². The normalized spacial score (nSPS) is 18.1. The Bertz CT molecular complexity index is 280. The molecule has 0 aliphatic heterocycles. The summed E-state index contributed by atoms with van der Waals surface area (Å²) in [6.07, 6.45) is 0.502. The molecule has 3 atom stereocenters. The smallest absolute Gasteiger partial charge is 0.308 e.